The summed E-state index contributed by atoms with van der Waals surface area (Å²) in [5.74, 6) is 3.18. The Kier molecular flexibility index (Phi) is 2.89. The zero-order valence-corrected chi connectivity index (χ0v) is 12.1. The molecule has 0 bridgehead atoms. The second-order valence-electron chi connectivity index (χ2n) is 5.92. The number of hydrogen-bond acceptors (Lipinski definition) is 5. The van der Waals surface area contributed by atoms with E-state index in [0.29, 0.717) is 12.7 Å². The van der Waals surface area contributed by atoms with Gasteiger partial charge in [-0.3, -0.25) is 0 Å². The molecule has 0 aliphatic carbocycles. The topological polar surface area (TPSA) is 60.6 Å². The van der Waals surface area contributed by atoms with Gasteiger partial charge in [-0.25, -0.2) is 4.98 Å². The number of nitrogens with zero attached hydrogens (tertiary/aromatic N) is 2. The maximum atomic E-state index is 6.04. The van der Waals surface area contributed by atoms with E-state index in [-0.39, 0.29) is 6.04 Å². The van der Waals surface area contributed by atoms with E-state index in [2.05, 4.69) is 16.8 Å². The van der Waals surface area contributed by atoms with E-state index in [1.165, 1.54) is 0 Å². The van der Waals surface area contributed by atoms with Gasteiger partial charge in [-0.2, -0.15) is 0 Å². The van der Waals surface area contributed by atoms with Gasteiger partial charge < -0.3 is 20.1 Å². The molecule has 21 heavy (non-hydrogen) atoms. The fraction of sp³-hybridized carbons (Fsp3) is 0.438. The van der Waals surface area contributed by atoms with Gasteiger partial charge >= 0.3 is 0 Å². The lowest BCUT2D eigenvalue weighted by Crippen LogP contribution is -2.30. The second kappa shape index (κ2) is 4.77. The highest BCUT2D eigenvalue weighted by atomic mass is 16.7. The van der Waals surface area contributed by atoms with Gasteiger partial charge in [0.25, 0.3) is 0 Å². The van der Waals surface area contributed by atoms with Crippen LogP contribution in [0.3, 0.4) is 0 Å². The zero-order chi connectivity index (χ0) is 14.4. The lowest BCUT2D eigenvalue weighted by Gasteiger charge is -2.20. The molecule has 1 fully saturated rings. The second-order valence-corrected chi connectivity index (χ2v) is 5.92. The predicted octanol–water partition coefficient (Wildman–Crippen LogP) is 2.14. The molecular weight excluding hydrogens is 266 g/mol. The SMILES string of the molecule is CC(N)C1CCN(c2nccc3cc4c(cc23)OCO4)C1. The lowest BCUT2D eigenvalue weighted by molar-refractivity contribution is 0.174. The summed E-state index contributed by atoms with van der Waals surface area (Å²) in [6, 6.07) is 6.31. The molecule has 1 aromatic heterocycles. The summed E-state index contributed by atoms with van der Waals surface area (Å²) in [7, 11) is 0. The van der Waals surface area contributed by atoms with Crippen LogP contribution in [0.15, 0.2) is 24.4 Å². The molecule has 2 unspecified atom stereocenters. The predicted molar refractivity (Wildman–Crippen MR) is 81.8 cm³/mol. The van der Waals surface area contributed by atoms with Crippen LogP contribution < -0.4 is 20.1 Å². The summed E-state index contributed by atoms with van der Waals surface area (Å²) >= 11 is 0. The van der Waals surface area contributed by atoms with Gasteiger partial charge in [-0.1, -0.05) is 0 Å². The number of benzene rings is 1. The Morgan fingerprint density at radius 2 is 2.14 bits per heavy atom. The van der Waals surface area contributed by atoms with Crippen LogP contribution in [-0.2, 0) is 0 Å². The number of pyridine rings is 1. The fourth-order valence-corrected chi connectivity index (χ4v) is 3.21. The molecule has 2 atom stereocenters. The molecule has 2 N–H and O–H groups in total. The van der Waals surface area contributed by atoms with Gasteiger partial charge in [0, 0.05) is 30.7 Å². The van der Waals surface area contributed by atoms with E-state index in [1.54, 1.807) is 0 Å². The van der Waals surface area contributed by atoms with E-state index in [1.807, 2.05) is 24.4 Å². The average Bonchev–Trinajstić information content (AvgIpc) is 3.13. The molecule has 0 saturated carbocycles. The number of aromatic nitrogens is 1. The Balaban J connectivity index is 1.76. The quantitative estimate of drug-likeness (QED) is 0.916. The number of rotatable bonds is 2. The van der Waals surface area contributed by atoms with Crippen LogP contribution in [0.5, 0.6) is 11.5 Å². The first-order chi connectivity index (χ1) is 10.2. The van der Waals surface area contributed by atoms with Crippen molar-refractivity contribution in [2.45, 2.75) is 19.4 Å². The third-order valence-corrected chi connectivity index (χ3v) is 4.50. The number of fused-ring (bicyclic) bond motifs is 2. The van der Waals surface area contributed by atoms with Gasteiger partial charge in [0.05, 0.1) is 0 Å². The zero-order valence-electron chi connectivity index (χ0n) is 12.1. The third-order valence-electron chi connectivity index (χ3n) is 4.50. The molecule has 3 heterocycles. The minimum absolute atomic E-state index is 0.228. The molecule has 0 amide bonds. The minimum atomic E-state index is 0.228. The fourth-order valence-electron chi connectivity index (χ4n) is 3.21. The van der Waals surface area contributed by atoms with Crippen LogP contribution in [0.1, 0.15) is 13.3 Å². The van der Waals surface area contributed by atoms with E-state index in [0.717, 1.165) is 47.6 Å². The van der Waals surface area contributed by atoms with Crippen molar-refractivity contribution in [3.05, 3.63) is 24.4 Å². The number of ether oxygens (including phenoxy) is 2. The van der Waals surface area contributed by atoms with Gasteiger partial charge in [0.15, 0.2) is 11.5 Å². The molecule has 5 nitrogen and oxygen atoms in total. The Hall–Kier alpha value is -2.01. The molecule has 4 rings (SSSR count). The van der Waals surface area contributed by atoms with Crippen LogP contribution >= 0.6 is 0 Å². The Bertz CT molecular complexity index is 687. The van der Waals surface area contributed by atoms with Crippen LogP contribution in [-0.4, -0.2) is 30.9 Å². The van der Waals surface area contributed by atoms with E-state index in [4.69, 9.17) is 15.2 Å². The summed E-state index contributed by atoms with van der Waals surface area (Å²) < 4.78 is 10.9. The molecular formula is C16H19N3O2. The van der Waals surface area contributed by atoms with Crippen molar-refractivity contribution >= 4 is 16.6 Å². The van der Waals surface area contributed by atoms with E-state index in [9.17, 15) is 0 Å². The van der Waals surface area contributed by atoms with Crippen molar-refractivity contribution in [2.75, 3.05) is 24.8 Å². The first kappa shape index (κ1) is 12.7. The molecule has 2 aliphatic heterocycles. The summed E-state index contributed by atoms with van der Waals surface area (Å²) in [6.07, 6.45) is 2.99. The largest absolute Gasteiger partial charge is 0.454 e. The molecule has 0 radical (unpaired) electrons. The average molecular weight is 285 g/mol. The Morgan fingerprint density at radius 1 is 1.33 bits per heavy atom. The summed E-state index contributed by atoms with van der Waals surface area (Å²) in [5, 5.41) is 2.25. The summed E-state index contributed by atoms with van der Waals surface area (Å²) in [4.78, 5) is 6.93. The minimum Gasteiger partial charge on any atom is -0.454 e. The van der Waals surface area contributed by atoms with Crippen LogP contribution in [0.25, 0.3) is 10.8 Å². The monoisotopic (exact) mass is 285 g/mol. The molecule has 2 aliphatic rings. The van der Waals surface area contributed by atoms with Crippen molar-refractivity contribution in [2.24, 2.45) is 11.7 Å². The van der Waals surface area contributed by atoms with Gasteiger partial charge in [0.1, 0.15) is 5.82 Å². The van der Waals surface area contributed by atoms with Crippen LogP contribution in [0.4, 0.5) is 5.82 Å². The van der Waals surface area contributed by atoms with Crippen molar-refractivity contribution in [1.82, 2.24) is 4.98 Å². The van der Waals surface area contributed by atoms with Crippen molar-refractivity contribution < 1.29 is 9.47 Å². The lowest BCUT2D eigenvalue weighted by atomic mass is 10.0. The number of hydrogen-bond donors (Lipinski definition) is 1. The smallest absolute Gasteiger partial charge is 0.231 e. The Morgan fingerprint density at radius 3 is 2.90 bits per heavy atom. The molecule has 1 saturated heterocycles. The standard InChI is InChI=1S/C16H19N3O2/c1-10(17)12-3-5-19(8-12)16-13-7-15-14(20-9-21-15)6-11(13)2-4-18-16/h2,4,6-7,10,12H,3,5,8-9,17H2,1H3. The third kappa shape index (κ3) is 2.08. The first-order valence-electron chi connectivity index (χ1n) is 7.41. The van der Waals surface area contributed by atoms with E-state index >= 15 is 0 Å². The molecule has 0 spiro atoms. The summed E-state index contributed by atoms with van der Waals surface area (Å²) in [6.45, 7) is 4.36. The van der Waals surface area contributed by atoms with Crippen molar-refractivity contribution in [3.8, 4) is 11.5 Å². The highest BCUT2D eigenvalue weighted by Crippen LogP contribution is 2.39. The van der Waals surface area contributed by atoms with Gasteiger partial charge in [-0.05, 0) is 42.8 Å². The van der Waals surface area contributed by atoms with Gasteiger partial charge in [0.2, 0.25) is 6.79 Å². The van der Waals surface area contributed by atoms with Crippen LogP contribution in [0, 0.1) is 5.92 Å². The Labute approximate surface area is 123 Å². The molecule has 2 aromatic rings. The first-order valence-corrected chi connectivity index (χ1v) is 7.41. The van der Waals surface area contributed by atoms with Gasteiger partial charge in [-0.15, -0.1) is 0 Å². The number of nitrogens with two attached hydrogens (primary N) is 1. The maximum Gasteiger partial charge on any atom is 0.231 e. The van der Waals surface area contributed by atoms with Crippen LogP contribution in [0.2, 0.25) is 0 Å². The molecule has 1 aromatic carbocycles. The molecule has 110 valence electrons. The summed E-state index contributed by atoms with van der Waals surface area (Å²) in [5.41, 5.74) is 6.04. The maximum absolute atomic E-state index is 6.04. The van der Waals surface area contributed by atoms with Crippen molar-refractivity contribution in [3.63, 3.8) is 0 Å². The number of anilines is 1. The normalized spacial score (nSPS) is 22.0. The highest BCUT2D eigenvalue weighted by Gasteiger charge is 2.27. The molecule has 5 heteroatoms. The van der Waals surface area contributed by atoms with Crippen molar-refractivity contribution in [1.29, 1.82) is 0 Å². The highest BCUT2D eigenvalue weighted by molar-refractivity contribution is 5.94. The van der Waals surface area contributed by atoms with E-state index < -0.39 is 0 Å².